The molecule has 31 heavy (non-hydrogen) atoms. The Morgan fingerprint density at radius 2 is 1.71 bits per heavy atom. The Balaban J connectivity index is 1.97. The molecule has 0 aromatic heterocycles. The predicted octanol–water partition coefficient (Wildman–Crippen LogP) is 5.25. The Bertz CT molecular complexity index is 1180. The van der Waals surface area contributed by atoms with Crippen LogP contribution in [0.3, 0.4) is 0 Å². The standard InChI is InChI=1S/C22H20BrClN2O4S/c1-15-3-10-19(11-4-15)31(28,29)26(18-9-12-21(30-2)20(24)13-18)14-22(27)25-17-7-5-16(23)6-8-17/h3-13H,14H2,1-2H3,(H,25,27). The van der Waals surface area contributed by atoms with E-state index in [0.29, 0.717) is 11.4 Å². The summed E-state index contributed by atoms with van der Waals surface area (Å²) in [4.78, 5) is 12.8. The van der Waals surface area contributed by atoms with Gasteiger partial charge in [-0.3, -0.25) is 9.10 Å². The molecule has 0 saturated carbocycles. The zero-order valence-corrected chi connectivity index (χ0v) is 20.0. The number of hydrogen-bond acceptors (Lipinski definition) is 4. The van der Waals surface area contributed by atoms with Gasteiger partial charge in [-0.25, -0.2) is 8.42 Å². The van der Waals surface area contributed by atoms with Gasteiger partial charge in [-0.05, 0) is 61.5 Å². The second kappa shape index (κ2) is 9.72. The van der Waals surface area contributed by atoms with Crippen molar-refractivity contribution in [2.24, 2.45) is 0 Å². The summed E-state index contributed by atoms with van der Waals surface area (Å²) in [5.74, 6) is -0.0950. The van der Waals surface area contributed by atoms with Gasteiger partial charge in [-0.15, -0.1) is 0 Å². The first-order valence-corrected chi connectivity index (χ1v) is 11.8. The van der Waals surface area contributed by atoms with Crippen LogP contribution < -0.4 is 14.4 Å². The summed E-state index contributed by atoms with van der Waals surface area (Å²) in [5.41, 5.74) is 1.72. The largest absolute Gasteiger partial charge is 0.495 e. The van der Waals surface area contributed by atoms with Crippen molar-refractivity contribution in [1.82, 2.24) is 0 Å². The molecular weight excluding hydrogens is 504 g/mol. The Kier molecular flexibility index (Phi) is 7.25. The number of carbonyl (C=O) groups is 1. The van der Waals surface area contributed by atoms with Gasteiger partial charge in [0.05, 0.1) is 22.7 Å². The lowest BCUT2D eigenvalue weighted by Crippen LogP contribution is -2.38. The summed E-state index contributed by atoms with van der Waals surface area (Å²) < 4.78 is 33.9. The van der Waals surface area contributed by atoms with E-state index in [2.05, 4.69) is 21.2 Å². The van der Waals surface area contributed by atoms with Crippen LogP contribution in [0.25, 0.3) is 0 Å². The number of halogens is 2. The minimum absolute atomic E-state index is 0.0708. The highest BCUT2D eigenvalue weighted by molar-refractivity contribution is 9.10. The molecular formula is C22H20BrClN2O4S. The molecule has 3 aromatic rings. The van der Waals surface area contributed by atoms with E-state index < -0.39 is 22.5 Å². The number of sulfonamides is 1. The Labute approximate surface area is 195 Å². The molecule has 1 amide bonds. The molecule has 0 aliphatic rings. The van der Waals surface area contributed by atoms with Gasteiger partial charge in [0, 0.05) is 10.2 Å². The first kappa shape index (κ1) is 23.1. The summed E-state index contributed by atoms with van der Waals surface area (Å²) >= 11 is 9.56. The van der Waals surface area contributed by atoms with Gasteiger partial charge in [-0.2, -0.15) is 0 Å². The quantitative estimate of drug-likeness (QED) is 0.459. The zero-order chi connectivity index (χ0) is 22.6. The van der Waals surface area contributed by atoms with Crippen molar-refractivity contribution in [2.45, 2.75) is 11.8 Å². The number of anilines is 2. The average molecular weight is 524 g/mol. The number of hydrogen-bond donors (Lipinski definition) is 1. The maximum atomic E-state index is 13.4. The first-order valence-electron chi connectivity index (χ1n) is 9.19. The fraction of sp³-hybridized carbons (Fsp3) is 0.136. The van der Waals surface area contributed by atoms with E-state index in [1.54, 1.807) is 48.5 Å². The molecule has 0 spiro atoms. The molecule has 0 atom stereocenters. The molecule has 0 unspecified atom stereocenters. The third kappa shape index (κ3) is 5.58. The minimum atomic E-state index is -4.04. The molecule has 6 nitrogen and oxygen atoms in total. The fourth-order valence-electron chi connectivity index (χ4n) is 2.83. The van der Waals surface area contributed by atoms with Crippen molar-refractivity contribution in [3.05, 3.63) is 81.8 Å². The van der Waals surface area contributed by atoms with Crippen LogP contribution in [0.15, 0.2) is 76.1 Å². The number of aryl methyl sites for hydroxylation is 1. The highest BCUT2D eigenvalue weighted by atomic mass is 79.9. The van der Waals surface area contributed by atoms with Gasteiger partial charge in [0.2, 0.25) is 5.91 Å². The number of benzene rings is 3. The minimum Gasteiger partial charge on any atom is -0.495 e. The van der Waals surface area contributed by atoms with Crippen molar-refractivity contribution in [3.63, 3.8) is 0 Å². The summed E-state index contributed by atoms with van der Waals surface area (Å²) in [7, 11) is -2.57. The molecule has 3 rings (SSSR count). The van der Waals surface area contributed by atoms with Crippen LogP contribution in [0.4, 0.5) is 11.4 Å². The van der Waals surface area contributed by atoms with Crippen LogP contribution >= 0.6 is 27.5 Å². The summed E-state index contributed by atoms with van der Waals surface area (Å²) in [6.07, 6.45) is 0. The smallest absolute Gasteiger partial charge is 0.264 e. The SMILES string of the molecule is COc1ccc(N(CC(=O)Nc2ccc(Br)cc2)S(=O)(=O)c2ccc(C)cc2)cc1Cl. The van der Waals surface area contributed by atoms with Crippen LogP contribution in [0.1, 0.15) is 5.56 Å². The molecule has 0 radical (unpaired) electrons. The normalized spacial score (nSPS) is 11.1. The number of carbonyl (C=O) groups excluding carboxylic acids is 1. The van der Waals surface area contributed by atoms with Crippen molar-refractivity contribution in [3.8, 4) is 5.75 Å². The topological polar surface area (TPSA) is 75.7 Å². The maximum Gasteiger partial charge on any atom is 0.264 e. The van der Waals surface area contributed by atoms with E-state index in [0.717, 1.165) is 14.3 Å². The van der Waals surface area contributed by atoms with E-state index in [9.17, 15) is 13.2 Å². The summed E-state index contributed by atoms with van der Waals surface area (Å²) in [6.45, 7) is 1.43. The van der Waals surface area contributed by atoms with Crippen molar-refractivity contribution in [1.29, 1.82) is 0 Å². The van der Waals surface area contributed by atoms with Gasteiger partial charge in [0.1, 0.15) is 12.3 Å². The zero-order valence-electron chi connectivity index (χ0n) is 16.8. The molecule has 0 aliphatic carbocycles. The summed E-state index contributed by atoms with van der Waals surface area (Å²) in [6, 6.07) is 18.0. The van der Waals surface area contributed by atoms with Crippen LogP contribution in [0.2, 0.25) is 5.02 Å². The summed E-state index contributed by atoms with van der Waals surface area (Å²) in [5, 5.41) is 2.95. The van der Waals surface area contributed by atoms with Gasteiger partial charge in [0.25, 0.3) is 10.0 Å². The number of rotatable bonds is 7. The molecule has 0 heterocycles. The number of nitrogens with one attached hydrogen (secondary N) is 1. The molecule has 0 bridgehead atoms. The number of amides is 1. The van der Waals surface area contributed by atoms with E-state index in [4.69, 9.17) is 16.3 Å². The van der Waals surface area contributed by atoms with Gasteiger partial charge >= 0.3 is 0 Å². The van der Waals surface area contributed by atoms with Crippen LogP contribution in [0, 0.1) is 6.92 Å². The Morgan fingerprint density at radius 1 is 1.06 bits per heavy atom. The molecule has 1 N–H and O–H groups in total. The Hall–Kier alpha value is -2.55. The molecule has 162 valence electrons. The van der Waals surface area contributed by atoms with Gasteiger partial charge in [-0.1, -0.05) is 45.2 Å². The Morgan fingerprint density at radius 3 is 2.29 bits per heavy atom. The maximum absolute atomic E-state index is 13.4. The number of ether oxygens (including phenoxy) is 1. The predicted molar refractivity (Wildman–Crippen MR) is 126 cm³/mol. The van der Waals surface area contributed by atoms with E-state index in [1.165, 1.54) is 25.3 Å². The van der Waals surface area contributed by atoms with E-state index in [1.807, 2.05) is 6.92 Å². The lowest BCUT2D eigenvalue weighted by atomic mass is 10.2. The monoisotopic (exact) mass is 522 g/mol. The molecule has 3 aromatic carbocycles. The molecule has 9 heteroatoms. The lowest BCUT2D eigenvalue weighted by molar-refractivity contribution is -0.114. The molecule has 0 fully saturated rings. The highest BCUT2D eigenvalue weighted by Gasteiger charge is 2.28. The number of methoxy groups -OCH3 is 1. The van der Waals surface area contributed by atoms with Crippen molar-refractivity contribution >= 4 is 54.8 Å². The second-order valence-electron chi connectivity index (χ2n) is 6.70. The van der Waals surface area contributed by atoms with Crippen molar-refractivity contribution < 1.29 is 17.9 Å². The highest BCUT2D eigenvalue weighted by Crippen LogP contribution is 2.32. The van der Waals surface area contributed by atoms with Crippen LogP contribution in [-0.2, 0) is 14.8 Å². The first-order chi connectivity index (χ1) is 14.7. The van der Waals surface area contributed by atoms with Crippen LogP contribution in [0.5, 0.6) is 5.75 Å². The van der Waals surface area contributed by atoms with E-state index in [-0.39, 0.29) is 15.6 Å². The fourth-order valence-corrected chi connectivity index (χ4v) is 4.76. The second-order valence-corrected chi connectivity index (χ2v) is 9.88. The number of nitrogens with zero attached hydrogens (tertiary/aromatic N) is 1. The third-order valence-corrected chi connectivity index (χ3v) is 7.06. The lowest BCUT2D eigenvalue weighted by Gasteiger charge is -2.24. The van der Waals surface area contributed by atoms with Gasteiger partial charge < -0.3 is 10.1 Å². The van der Waals surface area contributed by atoms with Crippen molar-refractivity contribution in [2.75, 3.05) is 23.3 Å². The molecule has 0 saturated heterocycles. The third-order valence-electron chi connectivity index (χ3n) is 4.45. The van der Waals surface area contributed by atoms with E-state index >= 15 is 0 Å². The van der Waals surface area contributed by atoms with Crippen LogP contribution in [-0.4, -0.2) is 28.0 Å². The average Bonchev–Trinajstić information content (AvgIpc) is 2.74. The van der Waals surface area contributed by atoms with Gasteiger partial charge in [0.15, 0.2) is 0 Å². The molecule has 0 aliphatic heterocycles.